The smallest absolute Gasteiger partial charge is 0.259 e. The van der Waals surface area contributed by atoms with Crippen molar-refractivity contribution in [2.24, 2.45) is 5.73 Å². The van der Waals surface area contributed by atoms with E-state index in [1.54, 1.807) is 12.4 Å². The fraction of sp³-hybridized carbons (Fsp3) is 0.385. The van der Waals surface area contributed by atoms with Gasteiger partial charge in [0.15, 0.2) is 6.29 Å². The van der Waals surface area contributed by atoms with Crippen LogP contribution >= 0.6 is 11.3 Å². The Morgan fingerprint density at radius 3 is 3.11 bits per heavy atom. The number of thiophene rings is 1. The number of carbonyl (C=O) groups excluding carboxylic acids is 1. The Morgan fingerprint density at radius 2 is 2.42 bits per heavy atom. The summed E-state index contributed by atoms with van der Waals surface area (Å²) in [6.07, 6.45) is 5.05. The number of fused-ring (bicyclic) bond motifs is 1. The Kier molecular flexibility index (Phi) is 3.12. The lowest BCUT2D eigenvalue weighted by molar-refractivity contribution is -0.0383. The average Bonchev–Trinajstić information content (AvgIpc) is 2.98. The molecular weight excluding hydrogens is 264 g/mol. The van der Waals surface area contributed by atoms with Gasteiger partial charge in [-0.3, -0.25) is 9.78 Å². The molecule has 1 aliphatic rings. The van der Waals surface area contributed by atoms with E-state index >= 15 is 0 Å². The molecule has 0 aliphatic carbocycles. The van der Waals surface area contributed by atoms with Crippen LogP contribution in [0.25, 0.3) is 10.1 Å². The third-order valence-corrected chi connectivity index (χ3v) is 4.42. The molecule has 1 atom stereocenters. The van der Waals surface area contributed by atoms with Crippen LogP contribution in [0.5, 0.6) is 5.75 Å². The Hall–Kier alpha value is -1.66. The Balaban J connectivity index is 2.06. The third-order valence-electron chi connectivity index (χ3n) is 3.17. The van der Waals surface area contributed by atoms with Gasteiger partial charge in [0, 0.05) is 18.0 Å². The van der Waals surface area contributed by atoms with E-state index in [2.05, 4.69) is 4.98 Å². The molecule has 1 aliphatic heterocycles. The van der Waals surface area contributed by atoms with Gasteiger partial charge in [-0.25, -0.2) is 0 Å². The van der Waals surface area contributed by atoms with Crippen LogP contribution in [-0.4, -0.2) is 23.8 Å². The van der Waals surface area contributed by atoms with Crippen LogP contribution in [-0.2, 0) is 4.74 Å². The molecule has 0 bridgehead atoms. The first-order valence-electron chi connectivity index (χ1n) is 6.12. The molecule has 0 aromatic carbocycles. The molecule has 2 N–H and O–H groups in total. The van der Waals surface area contributed by atoms with Crippen molar-refractivity contribution >= 4 is 27.3 Å². The normalized spacial score (nSPS) is 18.9. The topological polar surface area (TPSA) is 74.4 Å². The van der Waals surface area contributed by atoms with Crippen molar-refractivity contribution in [3.8, 4) is 5.75 Å². The molecule has 0 saturated carbocycles. The lowest BCUT2D eigenvalue weighted by Gasteiger charge is -2.13. The van der Waals surface area contributed by atoms with Crippen molar-refractivity contribution in [2.75, 3.05) is 6.61 Å². The van der Waals surface area contributed by atoms with Gasteiger partial charge in [0.2, 0.25) is 0 Å². The van der Waals surface area contributed by atoms with E-state index in [-0.39, 0.29) is 6.29 Å². The quantitative estimate of drug-likeness (QED) is 0.934. The van der Waals surface area contributed by atoms with E-state index in [9.17, 15) is 4.79 Å². The van der Waals surface area contributed by atoms with E-state index < -0.39 is 5.91 Å². The number of ether oxygens (including phenoxy) is 2. The van der Waals surface area contributed by atoms with Gasteiger partial charge in [0.1, 0.15) is 5.75 Å². The number of aryl methyl sites for hydroxylation is 1. The molecular formula is C13H14N2O3S. The summed E-state index contributed by atoms with van der Waals surface area (Å²) in [5.74, 6) is 0.243. The highest BCUT2D eigenvalue weighted by atomic mass is 32.1. The lowest BCUT2D eigenvalue weighted by Crippen LogP contribution is -2.14. The summed E-state index contributed by atoms with van der Waals surface area (Å²) < 4.78 is 12.2. The molecule has 0 radical (unpaired) electrons. The number of amides is 1. The van der Waals surface area contributed by atoms with E-state index in [1.165, 1.54) is 11.3 Å². The zero-order valence-electron chi connectivity index (χ0n) is 10.5. The second-order valence-corrected chi connectivity index (χ2v) is 5.54. The molecule has 6 heteroatoms. The number of nitrogens with two attached hydrogens (primary N) is 1. The molecule has 3 heterocycles. The van der Waals surface area contributed by atoms with Crippen molar-refractivity contribution in [3.05, 3.63) is 22.8 Å². The lowest BCUT2D eigenvalue weighted by atomic mass is 10.1. The number of aromatic nitrogens is 1. The standard InChI is InChI=1S/C13H14N2O3S/c1-7-11-8(18-10-3-2-4-17-10)5-15-6-9(11)19-12(7)13(14)16/h5-6,10H,2-4H2,1H3,(H2,14,16). The van der Waals surface area contributed by atoms with Gasteiger partial charge in [-0.1, -0.05) is 0 Å². The largest absolute Gasteiger partial charge is 0.463 e. The van der Waals surface area contributed by atoms with Crippen molar-refractivity contribution in [1.82, 2.24) is 4.98 Å². The number of carbonyl (C=O) groups is 1. The summed E-state index contributed by atoms with van der Waals surface area (Å²) in [5, 5.41) is 0.907. The van der Waals surface area contributed by atoms with E-state index in [4.69, 9.17) is 15.2 Å². The van der Waals surface area contributed by atoms with Gasteiger partial charge < -0.3 is 15.2 Å². The molecule has 1 fully saturated rings. The zero-order valence-corrected chi connectivity index (χ0v) is 11.3. The van der Waals surface area contributed by atoms with Crippen LogP contribution in [0.3, 0.4) is 0 Å². The second kappa shape index (κ2) is 4.79. The Bertz CT molecular complexity index is 632. The fourth-order valence-corrected chi connectivity index (χ4v) is 3.32. The maximum absolute atomic E-state index is 11.4. The highest BCUT2D eigenvalue weighted by molar-refractivity contribution is 7.21. The first-order valence-corrected chi connectivity index (χ1v) is 6.93. The molecule has 100 valence electrons. The van der Waals surface area contributed by atoms with Crippen LogP contribution in [0.1, 0.15) is 28.1 Å². The minimum atomic E-state index is -0.415. The van der Waals surface area contributed by atoms with Gasteiger partial charge in [-0.15, -0.1) is 11.3 Å². The number of primary amides is 1. The molecule has 0 spiro atoms. The summed E-state index contributed by atoms with van der Waals surface area (Å²) >= 11 is 1.35. The highest BCUT2D eigenvalue weighted by Gasteiger charge is 2.21. The van der Waals surface area contributed by atoms with Crippen LogP contribution in [0.2, 0.25) is 0 Å². The van der Waals surface area contributed by atoms with Crippen LogP contribution < -0.4 is 10.5 Å². The maximum atomic E-state index is 11.4. The molecule has 2 aromatic rings. The third kappa shape index (κ3) is 2.17. The predicted octanol–water partition coefficient (Wildman–Crippen LogP) is 2.22. The van der Waals surface area contributed by atoms with Gasteiger partial charge in [-0.2, -0.15) is 0 Å². The average molecular weight is 278 g/mol. The summed E-state index contributed by atoms with van der Waals surface area (Å²) in [5.41, 5.74) is 6.23. The Morgan fingerprint density at radius 1 is 1.58 bits per heavy atom. The van der Waals surface area contributed by atoms with Crippen molar-refractivity contribution in [3.63, 3.8) is 0 Å². The van der Waals surface area contributed by atoms with Crippen LogP contribution in [0.4, 0.5) is 0 Å². The molecule has 3 rings (SSSR count). The molecule has 19 heavy (non-hydrogen) atoms. The monoisotopic (exact) mass is 278 g/mol. The highest BCUT2D eigenvalue weighted by Crippen LogP contribution is 2.37. The van der Waals surface area contributed by atoms with E-state index in [1.807, 2.05) is 6.92 Å². The predicted molar refractivity (Wildman–Crippen MR) is 72.5 cm³/mol. The summed E-state index contributed by atoms with van der Waals surface area (Å²) in [7, 11) is 0. The van der Waals surface area contributed by atoms with Gasteiger partial charge in [0.25, 0.3) is 5.91 Å². The van der Waals surface area contributed by atoms with Crippen molar-refractivity contribution in [1.29, 1.82) is 0 Å². The second-order valence-electron chi connectivity index (χ2n) is 4.49. The molecule has 2 aromatic heterocycles. The number of hydrogen-bond donors (Lipinski definition) is 1. The SMILES string of the molecule is Cc1c(C(N)=O)sc2cncc(OC3CCCO3)c12. The van der Waals surface area contributed by atoms with Gasteiger partial charge >= 0.3 is 0 Å². The minimum absolute atomic E-state index is 0.219. The summed E-state index contributed by atoms with van der Waals surface area (Å²) in [6, 6.07) is 0. The van der Waals surface area contributed by atoms with E-state index in [0.717, 1.165) is 35.1 Å². The van der Waals surface area contributed by atoms with Crippen LogP contribution in [0.15, 0.2) is 12.4 Å². The number of hydrogen-bond acceptors (Lipinski definition) is 5. The Labute approximate surface area is 114 Å². The molecule has 1 saturated heterocycles. The number of pyridine rings is 1. The van der Waals surface area contributed by atoms with Crippen molar-refractivity contribution < 1.29 is 14.3 Å². The zero-order chi connectivity index (χ0) is 13.4. The number of nitrogens with zero attached hydrogens (tertiary/aromatic N) is 1. The minimum Gasteiger partial charge on any atom is -0.463 e. The van der Waals surface area contributed by atoms with E-state index in [0.29, 0.717) is 10.6 Å². The molecule has 5 nitrogen and oxygen atoms in total. The number of rotatable bonds is 3. The molecule has 1 amide bonds. The molecule has 1 unspecified atom stereocenters. The first kappa shape index (κ1) is 12.4. The summed E-state index contributed by atoms with van der Waals surface area (Å²) in [4.78, 5) is 16.1. The summed E-state index contributed by atoms with van der Waals surface area (Å²) in [6.45, 7) is 2.60. The van der Waals surface area contributed by atoms with Gasteiger partial charge in [-0.05, 0) is 18.9 Å². The first-order chi connectivity index (χ1) is 9.16. The van der Waals surface area contributed by atoms with Crippen molar-refractivity contribution in [2.45, 2.75) is 26.1 Å². The van der Waals surface area contributed by atoms with Gasteiger partial charge in [0.05, 0.1) is 22.4 Å². The maximum Gasteiger partial charge on any atom is 0.259 e. The fourth-order valence-electron chi connectivity index (χ4n) is 2.28. The van der Waals surface area contributed by atoms with Crippen LogP contribution in [0, 0.1) is 6.92 Å².